The van der Waals surface area contributed by atoms with Crippen LogP contribution in [0.15, 0.2) is 47.5 Å². The fourth-order valence-corrected chi connectivity index (χ4v) is 2.67. The van der Waals surface area contributed by atoms with Crippen LogP contribution in [0.25, 0.3) is 21.8 Å². The van der Waals surface area contributed by atoms with E-state index in [1.54, 1.807) is 6.07 Å². The molecule has 0 spiro atoms. The van der Waals surface area contributed by atoms with Gasteiger partial charge in [0.1, 0.15) is 5.92 Å². The first kappa shape index (κ1) is 11.7. The smallest absolute Gasteiger partial charge is 0.188 e. The van der Waals surface area contributed by atoms with Crippen molar-refractivity contribution in [2.45, 2.75) is 0 Å². The summed E-state index contributed by atoms with van der Waals surface area (Å²) in [5.41, 5.74) is 2.74. The van der Waals surface area contributed by atoms with E-state index in [1.807, 2.05) is 42.5 Å². The zero-order valence-electron chi connectivity index (χ0n) is 10.9. The quantitative estimate of drug-likeness (QED) is 0.588. The zero-order valence-corrected chi connectivity index (χ0v) is 10.9. The van der Waals surface area contributed by atoms with Gasteiger partial charge in [0.15, 0.2) is 5.78 Å². The maximum Gasteiger partial charge on any atom is 0.188 e. The standard InChI is InChI=1S/C17H9N3O/c18-8-11-9-19-15-6-5-14-12(16(15)17(11)21)7-10-3-1-2-4-13(10)20-14/h1-7,9,11H. The molecule has 1 atom stereocenters. The number of hydrogen-bond acceptors (Lipinski definition) is 4. The molecule has 4 rings (SSSR count). The summed E-state index contributed by atoms with van der Waals surface area (Å²) in [5, 5.41) is 10.8. The number of fused-ring (bicyclic) bond motifs is 4. The molecular weight excluding hydrogens is 262 g/mol. The molecular formula is C17H9N3O. The van der Waals surface area contributed by atoms with E-state index in [1.165, 1.54) is 6.21 Å². The average Bonchev–Trinajstić information content (AvgIpc) is 2.53. The predicted octanol–water partition coefficient (Wildman–Crippen LogP) is 3.43. The Bertz CT molecular complexity index is 982. The highest BCUT2D eigenvalue weighted by Crippen LogP contribution is 2.33. The van der Waals surface area contributed by atoms with Crippen LogP contribution in [0, 0.1) is 17.2 Å². The number of rotatable bonds is 0. The molecule has 1 aliphatic rings. The molecule has 0 saturated heterocycles. The van der Waals surface area contributed by atoms with Crippen LogP contribution < -0.4 is 0 Å². The predicted molar refractivity (Wildman–Crippen MR) is 80.8 cm³/mol. The lowest BCUT2D eigenvalue weighted by atomic mass is 9.92. The Hall–Kier alpha value is -3.06. The van der Waals surface area contributed by atoms with Crippen LogP contribution in [0.1, 0.15) is 10.4 Å². The number of aromatic nitrogens is 1. The van der Waals surface area contributed by atoms with E-state index in [0.29, 0.717) is 11.3 Å². The summed E-state index contributed by atoms with van der Waals surface area (Å²) in [4.78, 5) is 21.3. The van der Waals surface area contributed by atoms with Gasteiger partial charge in [-0.2, -0.15) is 5.26 Å². The Morgan fingerprint density at radius 3 is 2.81 bits per heavy atom. The van der Waals surface area contributed by atoms with Crippen molar-refractivity contribution in [2.75, 3.05) is 0 Å². The Labute approximate surface area is 120 Å². The van der Waals surface area contributed by atoms with Gasteiger partial charge < -0.3 is 0 Å². The molecule has 4 nitrogen and oxygen atoms in total. The van der Waals surface area contributed by atoms with Crippen molar-refractivity contribution in [2.24, 2.45) is 10.9 Å². The van der Waals surface area contributed by atoms with E-state index >= 15 is 0 Å². The lowest BCUT2D eigenvalue weighted by Crippen LogP contribution is -2.18. The van der Waals surface area contributed by atoms with Crippen molar-refractivity contribution in [3.05, 3.63) is 48.0 Å². The number of aliphatic imine (C=N–C) groups is 1. The first-order valence-electron chi connectivity index (χ1n) is 6.58. The molecule has 0 fully saturated rings. The number of nitrogens with zero attached hydrogens (tertiary/aromatic N) is 3. The minimum Gasteiger partial charge on any atom is -0.292 e. The Kier molecular flexibility index (Phi) is 2.36. The highest BCUT2D eigenvalue weighted by Gasteiger charge is 2.26. The molecule has 21 heavy (non-hydrogen) atoms. The van der Waals surface area contributed by atoms with Crippen LogP contribution in [0.2, 0.25) is 0 Å². The van der Waals surface area contributed by atoms with Crippen molar-refractivity contribution in [3.8, 4) is 6.07 Å². The van der Waals surface area contributed by atoms with Crippen LogP contribution in [0.3, 0.4) is 0 Å². The summed E-state index contributed by atoms with van der Waals surface area (Å²) in [6.07, 6.45) is 1.41. The maximum absolute atomic E-state index is 12.5. The molecule has 98 valence electrons. The van der Waals surface area contributed by atoms with E-state index in [0.717, 1.165) is 21.8 Å². The van der Waals surface area contributed by atoms with Crippen LogP contribution in [-0.4, -0.2) is 17.0 Å². The third kappa shape index (κ3) is 1.65. The third-order valence-corrected chi connectivity index (χ3v) is 3.71. The van der Waals surface area contributed by atoms with E-state index in [-0.39, 0.29) is 5.78 Å². The molecule has 1 aliphatic heterocycles. The Morgan fingerprint density at radius 2 is 1.95 bits per heavy atom. The summed E-state index contributed by atoms with van der Waals surface area (Å²) in [6.45, 7) is 0. The highest BCUT2D eigenvalue weighted by atomic mass is 16.1. The summed E-state index contributed by atoms with van der Waals surface area (Å²) < 4.78 is 0. The van der Waals surface area contributed by atoms with Gasteiger partial charge in [0, 0.05) is 17.0 Å². The molecule has 0 radical (unpaired) electrons. The van der Waals surface area contributed by atoms with Gasteiger partial charge in [-0.1, -0.05) is 18.2 Å². The first-order valence-corrected chi connectivity index (χ1v) is 6.58. The largest absolute Gasteiger partial charge is 0.292 e. The van der Waals surface area contributed by atoms with Crippen molar-refractivity contribution >= 4 is 39.5 Å². The lowest BCUT2D eigenvalue weighted by molar-refractivity contribution is 0.0977. The molecule has 0 bridgehead atoms. The van der Waals surface area contributed by atoms with Gasteiger partial charge in [0.25, 0.3) is 0 Å². The second-order valence-electron chi connectivity index (χ2n) is 4.96. The fraction of sp³-hybridized carbons (Fsp3) is 0.0588. The molecule has 0 N–H and O–H groups in total. The monoisotopic (exact) mass is 271 g/mol. The normalized spacial score (nSPS) is 16.9. The van der Waals surface area contributed by atoms with Gasteiger partial charge in [-0.3, -0.25) is 9.79 Å². The minimum absolute atomic E-state index is 0.204. The van der Waals surface area contributed by atoms with Crippen molar-refractivity contribution in [1.82, 2.24) is 4.98 Å². The SMILES string of the molecule is N#CC1C=Nc2ccc3nc4ccccc4cc3c2C1=O. The number of ketones is 1. The second kappa shape index (κ2) is 4.22. The lowest BCUT2D eigenvalue weighted by Gasteiger charge is -2.14. The number of carbonyl (C=O) groups is 1. The molecule has 4 heteroatoms. The number of benzene rings is 2. The summed E-state index contributed by atoms with van der Waals surface area (Å²) >= 11 is 0. The Morgan fingerprint density at radius 1 is 1.10 bits per heavy atom. The summed E-state index contributed by atoms with van der Waals surface area (Å²) in [5.74, 6) is -1.01. The molecule has 1 aromatic heterocycles. The van der Waals surface area contributed by atoms with Gasteiger partial charge in [0.05, 0.1) is 28.4 Å². The van der Waals surface area contributed by atoms with E-state index in [2.05, 4.69) is 9.98 Å². The van der Waals surface area contributed by atoms with Gasteiger partial charge in [-0.25, -0.2) is 4.98 Å². The van der Waals surface area contributed by atoms with E-state index < -0.39 is 5.92 Å². The number of para-hydroxylation sites is 1. The number of pyridine rings is 1. The van der Waals surface area contributed by atoms with Crippen molar-refractivity contribution in [1.29, 1.82) is 5.26 Å². The van der Waals surface area contributed by atoms with Crippen molar-refractivity contribution in [3.63, 3.8) is 0 Å². The first-order chi connectivity index (χ1) is 10.3. The van der Waals surface area contributed by atoms with E-state index in [9.17, 15) is 4.79 Å². The van der Waals surface area contributed by atoms with Gasteiger partial charge in [0.2, 0.25) is 0 Å². The molecule has 0 aliphatic carbocycles. The number of Topliss-reactive ketones (excluding diaryl/α,β-unsaturated/α-hetero) is 1. The van der Waals surface area contributed by atoms with Gasteiger partial charge in [-0.15, -0.1) is 0 Å². The maximum atomic E-state index is 12.5. The third-order valence-electron chi connectivity index (χ3n) is 3.71. The molecule has 1 unspecified atom stereocenters. The molecule has 0 saturated carbocycles. The average molecular weight is 271 g/mol. The number of nitriles is 1. The van der Waals surface area contributed by atoms with Crippen LogP contribution in [0.4, 0.5) is 5.69 Å². The van der Waals surface area contributed by atoms with Gasteiger partial charge in [-0.05, 0) is 24.3 Å². The van der Waals surface area contributed by atoms with Crippen molar-refractivity contribution < 1.29 is 4.79 Å². The van der Waals surface area contributed by atoms with Crippen LogP contribution in [-0.2, 0) is 0 Å². The highest BCUT2D eigenvalue weighted by molar-refractivity contribution is 6.21. The van der Waals surface area contributed by atoms with E-state index in [4.69, 9.17) is 5.26 Å². The zero-order chi connectivity index (χ0) is 14.4. The number of carbonyl (C=O) groups excluding carboxylic acids is 1. The summed E-state index contributed by atoms with van der Waals surface area (Å²) in [7, 11) is 0. The number of hydrogen-bond donors (Lipinski definition) is 0. The molecule has 2 aromatic carbocycles. The minimum atomic E-state index is -0.811. The molecule has 3 aromatic rings. The van der Waals surface area contributed by atoms with Crippen LogP contribution >= 0.6 is 0 Å². The summed E-state index contributed by atoms with van der Waals surface area (Å²) in [6, 6.07) is 15.3. The second-order valence-corrected chi connectivity index (χ2v) is 4.96. The van der Waals surface area contributed by atoms with Crippen LogP contribution in [0.5, 0.6) is 0 Å². The topological polar surface area (TPSA) is 66.1 Å². The Balaban J connectivity index is 2.12. The molecule has 0 amide bonds. The fourth-order valence-electron chi connectivity index (χ4n) is 2.67. The molecule has 2 heterocycles. The van der Waals surface area contributed by atoms with Gasteiger partial charge >= 0.3 is 0 Å².